The van der Waals surface area contributed by atoms with Crippen molar-refractivity contribution in [3.63, 3.8) is 0 Å². The fourth-order valence-corrected chi connectivity index (χ4v) is 13.0. The van der Waals surface area contributed by atoms with E-state index in [2.05, 4.69) is 58.9 Å². The smallest absolute Gasteiger partial charge is 0.338 e. The molecule has 9 atom stereocenters. The average Bonchev–Trinajstić information content (AvgIpc) is 3.61. The van der Waals surface area contributed by atoms with E-state index in [1.54, 1.807) is 24.3 Å². The Morgan fingerprint density at radius 2 is 1.39 bits per heavy atom. The molecule has 4 N–H and O–H groups in total. The number of fused-ring (bicyclic) bond motifs is 5. The van der Waals surface area contributed by atoms with Crippen LogP contribution in [0.15, 0.2) is 72.8 Å². The van der Waals surface area contributed by atoms with Crippen molar-refractivity contribution in [2.45, 2.75) is 143 Å². The zero-order valence-electron chi connectivity index (χ0n) is 38.5. The molecule has 0 saturated heterocycles. The van der Waals surface area contributed by atoms with E-state index < -0.39 is 5.97 Å². The quantitative estimate of drug-likeness (QED) is 0.0406. The number of nitrogens with two attached hydrogens (primary N) is 2. The summed E-state index contributed by atoms with van der Waals surface area (Å²) in [7, 11) is 0. The molecule has 0 heterocycles. The fraction of sp³-hybridized carbons (Fsp3) is 0.600. The van der Waals surface area contributed by atoms with Crippen LogP contribution in [-0.2, 0) is 4.74 Å². The molecule has 4 fully saturated rings. The number of nitrogen functional groups attached to an aromatic ring is 2. The summed E-state index contributed by atoms with van der Waals surface area (Å²) in [4.78, 5) is 25.2. The van der Waals surface area contributed by atoms with Crippen LogP contribution in [0.4, 0.5) is 11.4 Å². The summed E-state index contributed by atoms with van der Waals surface area (Å²) in [6, 6.07) is 20.3. The van der Waals surface area contributed by atoms with E-state index in [9.17, 15) is 9.59 Å². The molecule has 0 aromatic heterocycles. The number of ether oxygens (including phenoxy) is 3. The van der Waals surface area contributed by atoms with E-state index >= 15 is 0 Å². The van der Waals surface area contributed by atoms with Crippen LogP contribution in [0.25, 0.3) is 6.08 Å². The maximum absolute atomic E-state index is 13.0. The van der Waals surface area contributed by atoms with Gasteiger partial charge in [-0.05, 0) is 202 Å². The monoisotopic (exact) mass is 845 g/mol. The SMILES string of the molecule is CC(C)CCC[C@@H](C)[C@H]1CC[C@H]2[C@@H]3CCC4CC(Oc5ccc(C=CC(=O)c6ccc(OCCCCCCOC(=O)c7cc(N)cc(N)c7)cc6)cc5)CC[C@]4(C)[C@H]3CC[C@]12C. The molecule has 336 valence electrons. The van der Waals surface area contributed by atoms with Crippen molar-refractivity contribution >= 4 is 29.2 Å². The third kappa shape index (κ3) is 10.9. The molecule has 7 heteroatoms. The predicted octanol–water partition coefficient (Wildman–Crippen LogP) is 13.4. The second-order valence-corrected chi connectivity index (χ2v) is 20.8. The van der Waals surface area contributed by atoms with Crippen molar-refractivity contribution in [2.24, 2.45) is 52.3 Å². The maximum Gasteiger partial charge on any atom is 0.338 e. The topological polar surface area (TPSA) is 114 Å². The minimum absolute atomic E-state index is 0.0428. The highest BCUT2D eigenvalue weighted by molar-refractivity contribution is 6.06. The molecule has 3 aromatic carbocycles. The maximum atomic E-state index is 13.0. The Labute approximate surface area is 373 Å². The van der Waals surface area contributed by atoms with Crippen LogP contribution in [0.3, 0.4) is 0 Å². The van der Waals surface area contributed by atoms with Gasteiger partial charge in [0.2, 0.25) is 0 Å². The molecule has 7 rings (SSSR count). The zero-order valence-corrected chi connectivity index (χ0v) is 38.5. The Kier molecular flexibility index (Phi) is 15.1. The van der Waals surface area contributed by atoms with Crippen LogP contribution in [0, 0.1) is 52.3 Å². The number of unbranched alkanes of at least 4 members (excludes halogenated alkanes) is 3. The number of esters is 1. The molecule has 7 nitrogen and oxygen atoms in total. The van der Waals surface area contributed by atoms with E-state index in [1.165, 1.54) is 70.6 Å². The van der Waals surface area contributed by atoms with Gasteiger partial charge in [0.1, 0.15) is 11.5 Å². The van der Waals surface area contributed by atoms with Crippen LogP contribution >= 0.6 is 0 Å². The van der Waals surface area contributed by atoms with Gasteiger partial charge in [0.15, 0.2) is 5.78 Å². The van der Waals surface area contributed by atoms with Crippen LogP contribution < -0.4 is 20.9 Å². The largest absolute Gasteiger partial charge is 0.494 e. The molecule has 3 aromatic rings. The van der Waals surface area contributed by atoms with Gasteiger partial charge in [-0.25, -0.2) is 4.79 Å². The van der Waals surface area contributed by atoms with Crippen molar-refractivity contribution < 1.29 is 23.8 Å². The molecule has 0 bridgehead atoms. The number of allylic oxidation sites excluding steroid dienone is 1. The fourth-order valence-electron chi connectivity index (χ4n) is 13.0. The highest BCUT2D eigenvalue weighted by atomic mass is 16.5. The number of benzene rings is 3. The first-order chi connectivity index (χ1) is 29.8. The van der Waals surface area contributed by atoms with Crippen molar-refractivity contribution in [3.8, 4) is 11.5 Å². The summed E-state index contributed by atoms with van der Waals surface area (Å²) in [5, 5.41) is 0. The van der Waals surface area contributed by atoms with Crippen molar-refractivity contribution in [1.29, 1.82) is 0 Å². The highest BCUT2D eigenvalue weighted by Crippen LogP contribution is 2.68. The lowest BCUT2D eigenvalue weighted by atomic mass is 9.44. The van der Waals surface area contributed by atoms with Crippen LogP contribution in [-0.4, -0.2) is 31.1 Å². The third-order valence-corrected chi connectivity index (χ3v) is 16.3. The number of hydrogen-bond acceptors (Lipinski definition) is 7. The molecular formula is C55H76N2O5. The lowest BCUT2D eigenvalue weighted by Crippen LogP contribution is -2.54. The Morgan fingerprint density at radius 3 is 2.11 bits per heavy atom. The van der Waals surface area contributed by atoms with Gasteiger partial charge in [-0.15, -0.1) is 0 Å². The second kappa shape index (κ2) is 20.5. The van der Waals surface area contributed by atoms with Gasteiger partial charge in [0.05, 0.1) is 24.9 Å². The minimum atomic E-state index is -0.414. The molecule has 0 aliphatic heterocycles. The second-order valence-electron chi connectivity index (χ2n) is 20.8. The number of ketones is 1. The summed E-state index contributed by atoms with van der Waals surface area (Å²) in [5.41, 5.74) is 15.4. The van der Waals surface area contributed by atoms with E-state index in [1.807, 2.05) is 30.3 Å². The molecule has 4 aliphatic carbocycles. The summed E-state index contributed by atoms with van der Waals surface area (Å²) >= 11 is 0. The number of carbonyl (C=O) groups excluding carboxylic acids is 2. The Balaban J connectivity index is 0.800. The van der Waals surface area contributed by atoms with Gasteiger partial charge >= 0.3 is 5.97 Å². The molecule has 0 radical (unpaired) electrons. The van der Waals surface area contributed by atoms with E-state index in [4.69, 9.17) is 25.7 Å². The third-order valence-electron chi connectivity index (χ3n) is 16.3. The summed E-state index contributed by atoms with van der Waals surface area (Å²) in [6.45, 7) is 13.7. The predicted molar refractivity (Wildman–Crippen MR) is 253 cm³/mol. The van der Waals surface area contributed by atoms with Gasteiger partial charge < -0.3 is 25.7 Å². The molecule has 62 heavy (non-hydrogen) atoms. The summed E-state index contributed by atoms with van der Waals surface area (Å²) < 4.78 is 17.9. The molecule has 0 amide bonds. The molecular weight excluding hydrogens is 769 g/mol. The Morgan fingerprint density at radius 1 is 0.710 bits per heavy atom. The van der Waals surface area contributed by atoms with Crippen molar-refractivity contribution in [1.82, 2.24) is 0 Å². The first-order valence-electron chi connectivity index (χ1n) is 24.4. The van der Waals surface area contributed by atoms with E-state index in [0.717, 1.165) is 90.6 Å². The average molecular weight is 845 g/mol. The summed E-state index contributed by atoms with van der Waals surface area (Å²) in [5.74, 6) is 7.34. The standard InChI is InChI=1S/C55H76N2O5/c1-37(2)11-10-12-38(3)49-24-25-50-48-23-18-42-35-47(27-29-54(42,4)51(48)28-30-55(49,50)5)62-46-19-13-39(14-20-46)15-26-52(58)40-16-21-45(22-17-40)60-31-8-6-7-9-32-61-53(59)41-33-43(56)36-44(57)34-41/h13-17,19-22,26,33-34,36-38,42,47-51H,6-12,18,23-25,27-32,35,56-57H2,1-5H3/t38-,42?,47?,48+,49-,50+,51+,54+,55-/m1/s1. The van der Waals surface area contributed by atoms with Gasteiger partial charge in [0.25, 0.3) is 0 Å². The zero-order chi connectivity index (χ0) is 43.9. The van der Waals surface area contributed by atoms with Gasteiger partial charge in [0, 0.05) is 16.9 Å². The minimum Gasteiger partial charge on any atom is -0.494 e. The van der Waals surface area contributed by atoms with Gasteiger partial charge in [-0.1, -0.05) is 72.1 Å². The molecule has 4 aliphatic rings. The molecule has 0 spiro atoms. The van der Waals surface area contributed by atoms with E-state index in [0.29, 0.717) is 46.5 Å². The van der Waals surface area contributed by atoms with Crippen LogP contribution in [0.1, 0.15) is 164 Å². The van der Waals surface area contributed by atoms with Crippen LogP contribution in [0.2, 0.25) is 0 Å². The first kappa shape index (κ1) is 45.8. The number of anilines is 2. The molecule has 2 unspecified atom stereocenters. The number of hydrogen-bond donors (Lipinski definition) is 2. The normalized spacial score (nSPS) is 28.5. The number of rotatable bonds is 19. The Hall–Kier alpha value is -4.26. The Bertz CT molecular complexity index is 1950. The lowest BCUT2D eigenvalue weighted by molar-refractivity contribution is -0.126. The van der Waals surface area contributed by atoms with Gasteiger partial charge in [-0.2, -0.15) is 0 Å². The van der Waals surface area contributed by atoms with Crippen molar-refractivity contribution in [3.05, 3.63) is 89.5 Å². The summed E-state index contributed by atoms with van der Waals surface area (Å²) in [6.07, 6.45) is 23.8. The first-order valence-corrected chi connectivity index (χ1v) is 24.4. The molecule has 4 saturated carbocycles. The van der Waals surface area contributed by atoms with Gasteiger partial charge in [-0.3, -0.25) is 4.79 Å². The number of carbonyl (C=O) groups is 2. The lowest BCUT2D eigenvalue weighted by Gasteiger charge is -2.61. The van der Waals surface area contributed by atoms with Crippen LogP contribution in [0.5, 0.6) is 11.5 Å². The van der Waals surface area contributed by atoms with Crippen molar-refractivity contribution in [2.75, 3.05) is 24.7 Å². The highest BCUT2D eigenvalue weighted by Gasteiger charge is 2.60. The van der Waals surface area contributed by atoms with E-state index in [-0.39, 0.29) is 11.9 Å².